The number of benzene rings is 2. The van der Waals surface area contributed by atoms with Gasteiger partial charge < -0.3 is 29.5 Å². The first-order valence-electron chi connectivity index (χ1n) is 11.9. The molecule has 8 heteroatoms. The predicted molar refractivity (Wildman–Crippen MR) is 129 cm³/mol. The van der Waals surface area contributed by atoms with Gasteiger partial charge in [0, 0.05) is 56.0 Å². The molecular formula is C26H31ClN2O5. The van der Waals surface area contributed by atoms with Gasteiger partial charge in [-0.2, -0.15) is 0 Å². The van der Waals surface area contributed by atoms with E-state index in [0.29, 0.717) is 23.6 Å². The Bertz CT molecular complexity index is 1050. The Morgan fingerprint density at radius 1 is 1.26 bits per heavy atom. The van der Waals surface area contributed by atoms with E-state index in [0.717, 1.165) is 56.0 Å². The van der Waals surface area contributed by atoms with Gasteiger partial charge in [0.15, 0.2) is 0 Å². The number of fused-ring (bicyclic) bond motifs is 1. The minimum Gasteiger partial charge on any atom is -0.497 e. The number of piperidine rings is 1. The fourth-order valence-corrected chi connectivity index (χ4v) is 4.98. The highest BCUT2D eigenvalue weighted by atomic mass is 35.5. The number of methoxy groups -OCH3 is 1. The van der Waals surface area contributed by atoms with Gasteiger partial charge in [-0.25, -0.2) is 0 Å². The minimum atomic E-state index is -0.680. The fraction of sp³-hybridized carbons (Fsp3) is 0.500. The zero-order valence-electron chi connectivity index (χ0n) is 19.4. The molecular weight excluding hydrogens is 456 g/mol. The Morgan fingerprint density at radius 2 is 2.06 bits per heavy atom. The topological polar surface area (TPSA) is 80.3 Å². The van der Waals surface area contributed by atoms with Crippen molar-refractivity contribution in [3.05, 3.63) is 52.5 Å². The van der Waals surface area contributed by atoms with Gasteiger partial charge in [-0.15, -0.1) is 0 Å². The van der Waals surface area contributed by atoms with Gasteiger partial charge in [0.25, 0.3) is 5.91 Å². The van der Waals surface area contributed by atoms with Crippen molar-refractivity contribution in [2.45, 2.75) is 49.9 Å². The van der Waals surface area contributed by atoms with Crippen LogP contribution < -0.4 is 19.5 Å². The zero-order chi connectivity index (χ0) is 23.7. The normalized spacial score (nSPS) is 19.9. The van der Waals surface area contributed by atoms with Crippen LogP contribution in [-0.2, 0) is 6.42 Å². The number of aliphatic hydroxyl groups excluding tert-OH is 1. The summed E-state index contributed by atoms with van der Waals surface area (Å²) >= 11 is 6.14. The second-order valence-electron chi connectivity index (χ2n) is 9.59. The molecule has 0 aromatic heterocycles. The maximum absolute atomic E-state index is 12.6. The molecule has 5 rings (SSSR count). The number of likely N-dealkylation sites (tertiary alicyclic amines) is 1. The molecule has 2 N–H and O–H groups in total. The summed E-state index contributed by atoms with van der Waals surface area (Å²) in [6.07, 6.45) is 4.02. The van der Waals surface area contributed by atoms with Crippen molar-refractivity contribution < 1.29 is 24.1 Å². The number of amides is 1. The molecule has 1 saturated heterocycles. The highest BCUT2D eigenvalue weighted by molar-refractivity contribution is 6.30. The largest absolute Gasteiger partial charge is 0.497 e. The van der Waals surface area contributed by atoms with Crippen LogP contribution in [0.4, 0.5) is 0 Å². The van der Waals surface area contributed by atoms with Gasteiger partial charge in [-0.3, -0.25) is 4.79 Å². The van der Waals surface area contributed by atoms with E-state index in [1.165, 1.54) is 5.56 Å². The summed E-state index contributed by atoms with van der Waals surface area (Å²) in [7, 11) is 1.57. The lowest BCUT2D eigenvalue weighted by Crippen LogP contribution is -2.49. The molecule has 7 nitrogen and oxygen atoms in total. The lowest BCUT2D eigenvalue weighted by atomic mass is 9.87. The first kappa shape index (κ1) is 23.3. The first-order chi connectivity index (χ1) is 16.4. The number of aliphatic hydroxyl groups is 1. The Hall–Kier alpha value is -2.48. The van der Waals surface area contributed by atoms with E-state index in [9.17, 15) is 9.90 Å². The molecule has 1 aliphatic carbocycles. The Kier molecular flexibility index (Phi) is 6.60. The van der Waals surface area contributed by atoms with Crippen LogP contribution in [0.5, 0.6) is 17.2 Å². The smallest absolute Gasteiger partial charge is 0.255 e. The average molecular weight is 487 g/mol. The summed E-state index contributed by atoms with van der Waals surface area (Å²) in [5.41, 5.74) is 1.46. The third-order valence-corrected chi connectivity index (χ3v) is 7.11. The molecule has 1 saturated carbocycles. The van der Waals surface area contributed by atoms with Crippen LogP contribution in [0.2, 0.25) is 5.02 Å². The number of β-amino-alcohol motifs (C(OH)–C–C–N with tert-alkyl or cyclic N) is 1. The molecule has 3 aliphatic rings. The summed E-state index contributed by atoms with van der Waals surface area (Å²) in [4.78, 5) is 14.8. The van der Waals surface area contributed by atoms with Crippen molar-refractivity contribution in [1.29, 1.82) is 0 Å². The van der Waals surface area contributed by atoms with Gasteiger partial charge in [0.05, 0.1) is 12.7 Å². The van der Waals surface area contributed by atoms with Crippen LogP contribution in [-0.4, -0.2) is 67.0 Å². The minimum absolute atomic E-state index is 0.0962. The number of hydrogen-bond acceptors (Lipinski definition) is 6. The number of rotatable bonds is 8. The average Bonchev–Trinajstić information content (AvgIpc) is 3.58. The van der Waals surface area contributed by atoms with Crippen LogP contribution in [0.1, 0.15) is 41.6 Å². The SMILES string of the molecule is COc1ccc(C(=O)NC2CC2)c(OC[C@@H](O)CN2CCC3(CC2)Cc2cc(Cl)ccc2O3)c1. The quantitative estimate of drug-likeness (QED) is 0.595. The lowest BCUT2D eigenvalue weighted by Gasteiger charge is -2.39. The van der Waals surface area contributed by atoms with Crippen molar-refractivity contribution >= 4 is 17.5 Å². The fourth-order valence-electron chi connectivity index (χ4n) is 4.79. The van der Waals surface area contributed by atoms with E-state index in [4.69, 9.17) is 25.8 Å². The van der Waals surface area contributed by atoms with Gasteiger partial charge in [-0.05, 0) is 48.7 Å². The molecule has 2 heterocycles. The second kappa shape index (κ2) is 9.64. The van der Waals surface area contributed by atoms with E-state index in [2.05, 4.69) is 10.2 Å². The van der Waals surface area contributed by atoms with E-state index < -0.39 is 6.10 Å². The second-order valence-corrected chi connectivity index (χ2v) is 10.0. The number of hydrogen-bond donors (Lipinski definition) is 2. The van der Waals surface area contributed by atoms with Gasteiger partial charge >= 0.3 is 0 Å². The van der Waals surface area contributed by atoms with E-state index >= 15 is 0 Å². The van der Waals surface area contributed by atoms with Crippen LogP contribution in [0.15, 0.2) is 36.4 Å². The number of nitrogens with zero attached hydrogens (tertiary/aromatic N) is 1. The Labute approximate surface area is 204 Å². The zero-order valence-corrected chi connectivity index (χ0v) is 20.1. The molecule has 182 valence electrons. The summed E-state index contributed by atoms with van der Waals surface area (Å²) in [5.74, 6) is 1.80. The van der Waals surface area contributed by atoms with Crippen molar-refractivity contribution in [2.24, 2.45) is 0 Å². The van der Waals surface area contributed by atoms with Crippen LogP contribution in [0.3, 0.4) is 0 Å². The molecule has 1 spiro atoms. The summed E-state index contributed by atoms with van der Waals surface area (Å²) < 4.78 is 17.5. The van der Waals surface area contributed by atoms with Crippen molar-refractivity contribution in [3.8, 4) is 17.2 Å². The van der Waals surface area contributed by atoms with Crippen molar-refractivity contribution in [3.63, 3.8) is 0 Å². The maximum atomic E-state index is 12.6. The van der Waals surface area contributed by atoms with Crippen molar-refractivity contribution in [1.82, 2.24) is 10.2 Å². The number of nitrogens with one attached hydrogen (secondary N) is 1. The van der Waals surface area contributed by atoms with E-state index in [1.54, 1.807) is 25.3 Å². The van der Waals surface area contributed by atoms with Crippen LogP contribution in [0, 0.1) is 0 Å². The first-order valence-corrected chi connectivity index (χ1v) is 12.3. The molecule has 2 aromatic rings. The molecule has 0 radical (unpaired) electrons. The molecule has 2 aliphatic heterocycles. The lowest BCUT2D eigenvalue weighted by molar-refractivity contribution is -0.00200. The Balaban J connectivity index is 1.13. The molecule has 2 aromatic carbocycles. The van der Waals surface area contributed by atoms with Crippen molar-refractivity contribution in [2.75, 3.05) is 33.4 Å². The number of carbonyl (C=O) groups excluding carboxylic acids is 1. The molecule has 34 heavy (non-hydrogen) atoms. The van der Waals surface area contributed by atoms with Gasteiger partial charge in [-0.1, -0.05) is 11.6 Å². The van der Waals surface area contributed by atoms with Gasteiger partial charge in [0.2, 0.25) is 0 Å². The van der Waals surface area contributed by atoms with Crippen LogP contribution in [0.25, 0.3) is 0 Å². The summed E-state index contributed by atoms with van der Waals surface area (Å²) in [5, 5.41) is 14.4. The standard InChI is InChI=1S/C26H31ClN2O5/c1-32-21-5-6-22(25(31)28-19-3-4-19)24(13-21)33-16-20(30)15-29-10-8-26(9-11-29)14-17-12-18(27)2-7-23(17)34-26/h2,5-7,12-13,19-20,30H,3-4,8-11,14-16H2,1H3,(H,28,31)/t20-/m0/s1. The van der Waals surface area contributed by atoms with Crippen LogP contribution >= 0.6 is 11.6 Å². The summed E-state index contributed by atoms with van der Waals surface area (Å²) in [6.45, 7) is 2.28. The molecule has 1 atom stereocenters. The molecule has 2 fully saturated rings. The third-order valence-electron chi connectivity index (χ3n) is 6.88. The predicted octanol–water partition coefficient (Wildman–Crippen LogP) is 3.45. The van der Waals surface area contributed by atoms with Gasteiger partial charge in [0.1, 0.15) is 35.6 Å². The van der Waals surface area contributed by atoms with E-state index in [1.807, 2.05) is 18.2 Å². The number of halogens is 1. The Morgan fingerprint density at radius 3 is 2.79 bits per heavy atom. The molecule has 0 bridgehead atoms. The maximum Gasteiger partial charge on any atom is 0.255 e. The highest BCUT2D eigenvalue weighted by Gasteiger charge is 2.42. The number of ether oxygens (including phenoxy) is 3. The third kappa shape index (κ3) is 5.27. The summed E-state index contributed by atoms with van der Waals surface area (Å²) in [6, 6.07) is 11.2. The number of carbonyl (C=O) groups is 1. The monoisotopic (exact) mass is 486 g/mol. The molecule has 1 amide bonds. The molecule has 0 unspecified atom stereocenters. The van der Waals surface area contributed by atoms with E-state index in [-0.39, 0.29) is 24.2 Å². The highest BCUT2D eigenvalue weighted by Crippen LogP contribution is 2.42.